The summed E-state index contributed by atoms with van der Waals surface area (Å²) in [6, 6.07) is 15.5. The van der Waals surface area contributed by atoms with Crippen LogP contribution in [-0.4, -0.2) is 65.8 Å². The van der Waals surface area contributed by atoms with Crippen LogP contribution in [0.15, 0.2) is 54.6 Å². The standard InChI is InChI=1S/C23H23F2N3O2/c24-23(25)12-20(22(30)27-11-10-16-6-4-5-9-19(16)27)28(15-23)18-13-26(14-18)21(29)17-7-2-1-3-8-17/h1-9,18,20H,10-15H2/t20-/m0/s1. The molecule has 3 aliphatic rings. The van der Waals surface area contributed by atoms with Gasteiger partial charge in [0.05, 0.1) is 12.6 Å². The summed E-state index contributed by atoms with van der Waals surface area (Å²) >= 11 is 0. The highest BCUT2D eigenvalue weighted by Crippen LogP contribution is 2.38. The van der Waals surface area contributed by atoms with Gasteiger partial charge in [0, 0.05) is 43.3 Å². The lowest BCUT2D eigenvalue weighted by molar-refractivity contribution is -0.124. The average Bonchev–Trinajstić information content (AvgIpc) is 3.27. The molecule has 156 valence electrons. The maximum absolute atomic E-state index is 14.3. The summed E-state index contributed by atoms with van der Waals surface area (Å²) in [6.07, 6.45) is 0.279. The Kier molecular flexibility index (Phi) is 4.58. The van der Waals surface area contributed by atoms with Gasteiger partial charge < -0.3 is 9.80 Å². The van der Waals surface area contributed by atoms with Crippen molar-refractivity contribution < 1.29 is 18.4 Å². The molecule has 5 nitrogen and oxygen atoms in total. The van der Waals surface area contributed by atoms with Gasteiger partial charge in [-0.05, 0) is 30.2 Å². The third kappa shape index (κ3) is 3.27. The molecule has 0 spiro atoms. The zero-order chi connectivity index (χ0) is 20.9. The molecule has 1 atom stereocenters. The van der Waals surface area contributed by atoms with Crippen LogP contribution in [0.2, 0.25) is 0 Å². The summed E-state index contributed by atoms with van der Waals surface area (Å²) in [5.41, 5.74) is 2.49. The van der Waals surface area contributed by atoms with Crippen LogP contribution in [0.3, 0.4) is 0 Å². The molecule has 0 unspecified atom stereocenters. The predicted molar refractivity (Wildman–Crippen MR) is 109 cm³/mol. The number of rotatable bonds is 3. The number of fused-ring (bicyclic) bond motifs is 1. The number of para-hydroxylation sites is 1. The third-order valence-corrected chi connectivity index (χ3v) is 6.38. The number of hydrogen-bond donors (Lipinski definition) is 0. The van der Waals surface area contributed by atoms with Gasteiger partial charge in [0.15, 0.2) is 0 Å². The first-order valence-electron chi connectivity index (χ1n) is 10.3. The van der Waals surface area contributed by atoms with E-state index in [9.17, 15) is 18.4 Å². The minimum absolute atomic E-state index is 0.103. The monoisotopic (exact) mass is 411 g/mol. The smallest absolute Gasteiger partial charge is 0.262 e. The number of carbonyl (C=O) groups is 2. The van der Waals surface area contributed by atoms with E-state index in [1.165, 1.54) is 0 Å². The van der Waals surface area contributed by atoms with Crippen LogP contribution in [0.1, 0.15) is 22.3 Å². The second-order valence-electron chi connectivity index (χ2n) is 8.35. The van der Waals surface area contributed by atoms with Gasteiger partial charge in [0.2, 0.25) is 5.91 Å². The van der Waals surface area contributed by atoms with Crippen LogP contribution >= 0.6 is 0 Å². The summed E-state index contributed by atoms with van der Waals surface area (Å²) in [4.78, 5) is 30.8. The normalized spacial score (nSPS) is 23.3. The zero-order valence-corrected chi connectivity index (χ0v) is 16.5. The van der Waals surface area contributed by atoms with E-state index < -0.39 is 24.9 Å². The molecule has 0 saturated carbocycles. The second-order valence-corrected chi connectivity index (χ2v) is 8.35. The van der Waals surface area contributed by atoms with Gasteiger partial charge in [-0.2, -0.15) is 0 Å². The van der Waals surface area contributed by atoms with Gasteiger partial charge in [-0.25, -0.2) is 8.78 Å². The molecule has 0 aliphatic carbocycles. The van der Waals surface area contributed by atoms with Crippen molar-refractivity contribution in [3.8, 4) is 0 Å². The van der Waals surface area contributed by atoms with E-state index in [2.05, 4.69) is 0 Å². The summed E-state index contributed by atoms with van der Waals surface area (Å²) < 4.78 is 28.7. The molecule has 0 bridgehead atoms. The number of anilines is 1. The number of benzene rings is 2. The molecule has 2 aromatic carbocycles. The van der Waals surface area contributed by atoms with Gasteiger partial charge in [-0.1, -0.05) is 36.4 Å². The van der Waals surface area contributed by atoms with E-state index in [-0.39, 0.29) is 17.9 Å². The Bertz CT molecular complexity index is 975. The van der Waals surface area contributed by atoms with Crippen LogP contribution in [-0.2, 0) is 11.2 Å². The van der Waals surface area contributed by atoms with Gasteiger partial charge in [-0.15, -0.1) is 0 Å². The Hall–Kier alpha value is -2.80. The predicted octanol–water partition coefficient (Wildman–Crippen LogP) is 2.81. The van der Waals surface area contributed by atoms with E-state index in [0.29, 0.717) is 25.2 Å². The van der Waals surface area contributed by atoms with Gasteiger partial charge >= 0.3 is 0 Å². The molecule has 7 heteroatoms. The van der Waals surface area contributed by atoms with Gasteiger partial charge in [0.1, 0.15) is 0 Å². The average molecular weight is 411 g/mol. The number of hydrogen-bond acceptors (Lipinski definition) is 3. The van der Waals surface area contributed by atoms with Gasteiger partial charge in [0.25, 0.3) is 11.8 Å². The largest absolute Gasteiger partial charge is 0.335 e. The van der Waals surface area contributed by atoms with Crippen LogP contribution in [0.5, 0.6) is 0 Å². The van der Waals surface area contributed by atoms with E-state index in [4.69, 9.17) is 0 Å². The first kappa shape index (κ1) is 19.2. The van der Waals surface area contributed by atoms with Crippen molar-refractivity contribution in [3.63, 3.8) is 0 Å². The quantitative estimate of drug-likeness (QED) is 0.780. The van der Waals surface area contributed by atoms with E-state index in [1.54, 1.807) is 39.0 Å². The molecule has 2 amide bonds. The molecule has 2 saturated heterocycles. The lowest BCUT2D eigenvalue weighted by Gasteiger charge is -2.46. The van der Waals surface area contributed by atoms with Crippen LogP contribution in [0.25, 0.3) is 0 Å². The van der Waals surface area contributed by atoms with Crippen molar-refractivity contribution in [2.24, 2.45) is 0 Å². The molecule has 3 aliphatic heterocycles. The first-order chi connectivity index (χ1) is 14.4. The van der Waals surface area contributed by atoms with Crippen molar-refractivity contribution in [2.45, 2.75) is 30.8 Å². The highest BCUT2D eigenvalue weighted by molar-refractivity contribution is 5.99. The van der Waals surface area contributed by atoms with E-state index in [1.807, 2.05) is 30.3 Å². The SMILES string of the molecule is O=C(c1ccccc1)N1CC(N2CC(F)(F)C[C@H]2C(=O)N2CCc3ccccc32)C1. The summed E-state index contributed by atoms with van der Waals surface area (Å²) in [7, 11) is 0. The van der Waals surface area contributed by atoms with Gasteiger partial charge in [-0.3, -0.25) is 14.5 Å². The Morgan fingerprint density at radius 2 is 1.67 bits per heavy atom. The maximum atomic E-state index is 14.3. The molecule has 0 radical (unpaired) electrons. The molecule has 3 heterocycles. The third-order valence-electron chi connectivity index (χ3n) is 6.38. The topological polar surface area (TPSA) is 43.9 Å². The minimum atomic E-state index is -2.90. The van der Waals surface area contributed by atoms with Crippen molar-refractivity contribution in [3.05, 3.63) is 65.7 Å². The minimum Gasteiger partial charge on any atom is -0.335 e. The first-order valence-corrected chi connectivity index (χ1v) is 10.3. The van der Waals surface area contributed by atoms with Crippen LogP contribution < -0.4 is 4.90 Å². The zero-order valence-electron chi connectivity index (χ0n) is 16.5. The number of nitrogens with zero attached hydrogens (tertiary/aromatic N) is 3. The Morgan fingerprint density at radius 3 is 2.43 bits per heavy atom. The lowest BCUT2D eigenvalue weighted by atomic mass is 10.0. The summed E-state index contributed by atoms with van der Waals surface area (Å²) in [5.74, 6) is -3.26. The number of likely N-dealkylation sites (tertiary alicyclic amines) is 2. The number of halogens is 2. The number of amides is 2. The lowest BCUT2D eigenvalue weighted by Crippen LogP contribution is -2.63. The Labute approximate surface area is 173 Å². The van der Waals surface area contributed by atoms with E-state index in [0.717, 1.165) is 17.7 Å². The number of alkyl halides is 2. The van der Waals surface area contributed by atoms with Crippen LogP contribution in [0, 0.1) is 0 Å². The molecule has 5 rings (SSSR count). The Balaban J connectivity index is 1.30. The van der Waals surface area contributed by atoms with Crippen LogP contribution in [0.4, 0.5) is 14.5 Å². The molecular weight excluding hydrogens is 388 g/mol. The molecular formula is C23H23F2N3O2. The summed E-state index contributed by atoms with van der Waals surface area (Å²) in [5, 5.41) is 0. The highest BCUT2D eigenvalue weighted by atomic mass is 19.3. The van der Waals surface area contributed by atoms with Crippen molar-refractivity contribution in [2.75, 3.05) is 31.1 Å². The van der Waals surface area contributed by atoms with Crippen molar-refractivity contribution in [1.29, 1.82) is 0 Å². The molecule has 30 heavy (non-hydrogen) atoms. The molecule has 2 aromatic rings. The maximum Gasteiger partial charge on any atom is 0.262 e. The second kappa shape index (κ2) is 7.16. The molecule has 0 N–H and O–H groups in total. The number of carbonyl (C=O) groups excluding carboxylic acids is 2. The summed E-state index contributed by atoms with van der Waals surface area (Å²) in [6.45, 7) is 0.822. The Morgan fingerprint density at radius 1 is 0.967 bits per heavy atom. The van der Waals surface area contributed by atoms with Crippen molar-refractivity contribution >= 4 is 17.5 Å². The molecule has 0 aromatic heterocycles. The fourth-order valence-electron chi connectivity index (χ4n) is 4.80. The van der Waals surface area contributed by atoms with E-state index >= 15 is 0 Å². The fourth-order valence-corrected chi connectivity index (χ4v) is 4.80. The fraction of sp³-hybridized carbons (Fsp3) is 0.391. The molecule has 2 fully saturated rings. The van der Waals surface area contributed by atoms with Crippen molar-refractivity contribution in [1.82, 2.24) is 9.80 Å². The highest BCUT2D eigenvalue weighted by Gasteiger charge is 2.53.